The second-order valence-electron chi connectivity index (χ2n) is 5.97. The van der Waals surface area contributed by atoms with Gasteiger partial charge in [-0.2, -0.15) is 5.10 Å². The minimum absolute atomic E-state index is 0.153. The van der Waals surface area contributed by atoms with Crippen molar-refractivity contribution in [2.24, 2.45) is 5.10 Å². The van der Waals surface area contributed by atoms with Crippen molar-refractivity contribution in [3.63, 3.8) is 0 Å². The number of fused-ring (bicyclic) bond motifs is 1. The van der Waals surface area contributed by atoms with Gasteiger partial charge >= 0.3 is 0 Å². The Balaban J connectivity index is 1.66. The van der Waals surface area contributed by atoms with E-state index in [2.05, 4.69) is 24.4 Å². The second-order valence-corrected chi connectivity index (χ2v) is 5.97. The molecule has 3 rings (SSSR count). The van der Waals surface area contributed by atoms with Gasteiger partial charge < -0.3 is 4.74 Å². The van der Waals surface area contributed by atoms with E-state index in [4.69, 9.17) is 4.74 Å². The molecule has 0 aliphatic carbocycles. The molecule has 0 fully saturated rings. The fourth-order valence-corrected chi connectivity index (χ4v) is 2.53. The molecule has 1 heterocycles. The maximum Gasteiger partial charge on any atom is 0.271 e. The lowest BCUT2D eigenvalue weighted by Crippen LogP contribution is -2.24. The Bertz CT molecular complexity index is 721. The van der Waals surface area contributed by atoms with Crippen LogP contribution in [0.5, 0.6) is 5.75 Å². The minimum atomic E-state index is -0.220. The number of nitrogens with one attached hydrogen (secondary N) is 1. The monoisotopic (exact) mass is 294 g/mol. The van der Waals surface area contributed by atoms with Crippen LogP contribution in [0.3, 0.4) is 0 Å². The molecule has 1 amide bonds. The third kappa shape index (κ3) is 3.17. The van der Waals surface area contributed by atoms with E-state index in [0.717, 1.165) is 17.7 Å². The summed E-state index contributed by atoms with van der Waals surface area (Å²) >= 11 is 0. The fourth-order valence-electron chi connectivity index (χ4n) is 2.53. The van der Waals surface area contributed by atoms with Crippen molar-refractivity contribution in [3.05, 3.63) is 65.2 Å². The molecular weight excluding hydrogens is 276 g/mol. The molecule has 0 bridgehead atoms. The van der Waals surface area contributed by atoms with Gasteiger partial charge in [-0.05, 0) is 55.3 Å². The lowest BCUT2D eigenvalue weighted by molar-refractivity contribution is 0.0955. The van der Waals surface area contributed by atoms with Crippen molar-refractivity contribution in [1.82, 2.24) is 5.43 Å². The van der Waals surface area contributed by atoms with Gasteiger partial charge in [-0.3, -0.25) is 4.79 Å². The molecule has 0 radical (unpaired) electrons. The fraction of sp³-hybridized carbons (Fsp3) is 0.222. The predicted molar refractivity (Wildman–Crippen MR) is 86.4 cm³/mol. The number of nitrogens with zero attached hydrogens (tertiary/aromatic N) is 1. The average molecular weight is 294 g/mol. The van der Waals surface area contributed by atoms with E-state index in [0.29, 0.717) is 5.56 Å². The number of benzene rings is 2. The zero-order valence-corrected chi connectivity index (χ0v) is 12.7. The Kier molecular flexibility index (Phi) is 3.67. The van der Waals surface area contributed by atoms with E-state index in [9.17, 15) is 4.79 Å². The van der Waals surface area contributed by atoms with Crippen LogP contribution < -0.4 is 10.2 Å². The summed E-state index contributed by atoms with van der Waals surface area (Å²) in [6, 6.07) is 14.9. The highest BCUT2D eigenvalue weighted by Crippen LogP contribution is 2.34. The van der Waals surface area contributed by atoms with E-state index >= 15 is 0 Å². The first-order valence-corrected chi connectivity index (χ1v) is 7.24. The van der Waals surface area contributed by atoms with Gasteiger partial charge in [-0.25, -0.2) is 5.43 Å². The van der Waals surface area contributed by atoms with Gasteiger partial charge in [0.05, 0.1) is 6.21 Å². The number of hydrogen-bond donors (Lipinski definition) is 1. The Hall–Kier alpha value is -2.62. The minimum Gasteiger partial charge on any atom is -0.487 e. The molecular formula is C18H18N2O2. The van der Waals surface area contributed by atoms with E-state index in [1.165, 1.54) is 5.56 Å². The van der Waals surface area contributed by atoms with Gasteiger partial charge in [-0.15, -0.1) is 0 Å². The summed E-state index contributed by atoms with van der Waals surface area (Å²) in [7, 11) is 0. The molecule has 0 saturated heterocycles. The van der Waals surface area contributed by atoms with Gasteiger partial charge in [0.15, 0.2) is 0 Å². The van der Waals surface area contributed by atoms with Crippen molar-refractivity contribution < 1.29 is 9.53 Å². The summed E-state index contributed by atoms with van der Waals surface area (Å²) in [6.07, 6.45) is 2.52. The Labute approximate surface area is 129 Å². The Morgan fingerprint density at radius 1 is 1.23 bits per heavy atom. The maximum absolute atomic E-state index is 11.9. The van der Waals surface area contributed by atoms with Crippen LogP contribution in [-0.2, 0) is 6.42 Å². The van der Waals surface area contributed by atoms with E-state index in [-0.39, 0.29) is 11.5 Å². The highest BCUT2D eigenvalue weighted by atomic mass is 16.5. The molecule has 1 N–H and O–H groups in total. The van der Waals surface area contributed by atoms with Crippen LogP contribution in [0, 0.1) is 0 Å². The third-order valence-electron chi connectivity index (χ3n) is 3.50. The maximum atomic E-state index is 11.9. The molecule has 0 unspecified atom stereocenters. The Morgan fingerprint density at radius 2 is 2.00 bits per heavy atom. The average Bonchev–Trinajstić information content (AvgIpc) is 2.81. The van der Waals surface area contributed by atoms with Crippen LogP contribution in [0.4, 0.5) is 0 Å². The van der Waals surface area contributed by atoms with E-state index in [1.807, 2.05) is 36.4 Å². The number of ether oxygens (including phenoxy) is 1. The molecule has 22 heavy (non-hydrogen) atoms. The quantitative estimate of drug-likeness (QED) is 0.698. The van der Waals surface area contributed by atoms with Gasteiger partial charge in [0.25, 0.3) is 5.91 Å². The van der Waals surface area contributed by atoms with Gasteiger partial charge in [0.2, 0.25) is 0 Å². The van der Waals surface area contributed by atoms with Gasteiger partial charge in [0, 0.05) is 12.0 Å². The van der Waals surface area contributed by atoms with Crippen LogP contribution in [-0.4, -0.2) is 17.7 Å². The van der Waals surface area contributed by atoms with Gasteiger partial charge in [0.1, 0.15) is 11.4 Å². The highest BCUT2D eigenvalue weighted by molar-refractivity contribution is 5.94. The number of hydrazone groups is 1. The molecule has 112 valence electrons. The number of carbonyl (C=O) groups is 1. The van der Waals surface area contributed by atoms with Crippen LogP contribution in [0.1, 0.15) is 35.3 Å². The molecule has 1 aliphatic heterocycles. The molecule has 0 spiro atoms. The SMILES string of the molecule is CC1(C)Cc2cc(/C=N/NC(=O)c3ccccc3)ccc2O1. The van der Waals surface area contributed by atoms with Crippen molar-refractivity contribution >= 4 is 12.1 Å². The standard InChI is InChI=1S/C18H18N2O2/c1-18(2)11-15-10-13(8-9-16(15)22-18)12-19-20-17(21)14-6-4-3-5-7-14/h3-10,12H,11H2,1-2H3,(H,20,21)/b19-12+. The van der Waals surface area contributed by atoms with Crippen molar-refractivity contribution in [1.29, 1.82) is 0 Å². The number of hydrogen-bond acceptors (Lipinski definition) is 3. The van der Waals surface area contributed by atoms with Crippen LogP contribution in [0.25, 0.3) is 0 Å². The highest BCUT2D eigenvalue weighted by Gasteiger charge is 2.29. The predicted octanol–water partition coefficient (Wildman–Crippen LogP) is 3.16. The summed E-state index contributed by atoms with van der Waals surface area (Å²) < 4.78 is 5.84. The number of amides is 1. The lowest BCUT2D eigenvalue weighted by atomic mass is 10.0. The topological polar surface area (TPSA) is 50.7 Å². The van der Waals surface area contributed by atoms with E-state index in [1.54, 1.807) is 18.3 Å². The first kappa shape index (κ1) is 14.3. The normalized spacial score (nSPS) is 15.4. The zero-order chi connectivity index (χ0) is 15.6. The summed E-state index contributed by atoms with van der Waals surface area (Å²) in [6.45, 7) is 4.14. The molecule has 0 aromatic heterocycles. The first-order chi connectivity index (χ1) is 10.5. The molecule has 0 saturated carbocycles. The van der Waals surface area contributed by atoms with Gasteiger partial charge in [-0.1, -0.05) is 18.2 Å². The van der Waals surface area contributed by atoms with Crippen LogP contribution in [0.15, 0.2) is 53.6 Å². The zero-order valence-electron chi connectivity index (χ0n) is 12.7. The largest absolute Gasteiger partial charge is 0.487 e. The summed E-state index contributed by atoms with van der Waals surface area (Å²) in [5, 5.41) is 4.01. The smallest absolute Gasteiger partial charge is 0.271 e. The van der Waals surface area contributed by atoms with Crippen LogP contribution >= 0.6 is 0 Å². The van der Waals surface area contributed by atoms with E-state index < -0.39 is 0 Å². The number of carbonyl (C=O) groups excluding carboxylic acids is 1. The second kappa shape index (κ2) is 5.64. The molecule has 4 heteroatoms. The number of rotatable bonds is 3. The third-order valence-corrected chi connectivity index (χ3v) is 3.50. The molecule has 1 aliphatic rings. The lowest BCUT2D eigenvalue weighted by Gasteiger charge is -2.16. The summed E-state index contributed by atoms with van der Waals surface area (Å²) in [5.74, 6) is 0.706. The first-order valence-electron chi connectivity index (χ1n) is 7.24. The Morgan fingerprint density at radius 3 is 2.77 bits per heavy atom. The molecule has 2 aromatic rings. The summed E-state index contributed by atoms with van der Waals surface area (Å²) in [5.41, 5.74) is 5.07. The van der Waals surface area contributed by atoms with Crippen molar-refractivity contribution in [3.8, 4) is 5.75 Å². The molecule has 2 aromatic carbocycles. The molecule has 0 atom stereocenters. The van der Waals surface area contributed by atoms with Crippen molar-refractivity contribution in [2.45, 2.75) is 25.9 Å². The molecule has 4 nitrogen and oxygen atoms in total. The van der Waals surface area contributed by atoms with Crippen molar-refractivity contribution in [2.75, 3.05) is 0 Å². The summed E-state index contributed by atoms with van der Waals surface area (Å²) in [4.78, 5) is 11.9. The van der Waals surface area contributed by atoms with Crippen LogP contribution in [0.2, 0.25) is 0 Å².